The van der Waals surface area contributed by atoms with Gasteiger partial charge in [0, 0.05) is 12.1 Å². The van der Waals surface area contributed by atoms with E-state index >= 15 is 0 Å². The van der Waals surface area contributed by atoms with E-state index in [2.05, 4.69) is 15.8 Å². The van der Waals surface area contributed by atoms with Gasteiger partial charge in [0.15, 0.2) is 0 Å². The van der Waals surface area contributed by atoms with Crippen molar-refractivity contribution in [3.63, 3.8) is 0 Å². The van der Waals surface area contributed by atoms with E-state index in [0.29, 0.717) is 11.3 Å². The molecule has 3 rings (SSSR count). The number of hydrogen-bond acceptors (Lipinski definition) is 9. The molecule has 0 bridgehead atoms. The van der Waals surface area contributed by atoms with Crippen molar-refractivity contribution < 1.29 is 22.3 Å². The first-order valence-corrected chi connectivity index (χ1v) is 12.7. The van der Waals surface area contributed by atoms with Crippen molar-refractivity contribution in [3.05, 3.63) is 98.6 Å². The Labute approximate surface area is 194 Å². The molecule has 0 saturated heterocycles. The van der Waals surface area contributed by atoms with Gasteiger partial charge in [-0.15, -0.1) is 0 Å². The number of nitro groups is 2. The Morgan fingerprint density at radius 3 is 1.79 bits per heavy atom. The van der Waals surface area contributed by atoms with Gasteiger partial charge >= 0.3 is 161 Å². The summed E-state index contributed by atoms with van der Waals surface area (Å²) in [6, 6.07) is 15.9. The Morgan fingerprint density at radius 1 is 0.824 bits per heavy atom. The molecule has 0 fully saturated rings. The number of carbonyl (C=O) groups excluding carboxylic acids is 1. The van der Waals surface area contributed by atoms with Gasteiger partial charge in [-0.2, -0.15) is 0 Å². The number of non-ortho nitro benzene ring substituents is 2. The minimum atomic E-state index is -4.76. The van der Waals surface area contributed by atoms with Crippen LogP contribution in [0.4, 0.5) is 17.1 Å². The fraction of sp³-hybridized carbons (Fsp3) is 0.0476. The van der Waals surface area contributed by atoms with E-state index in [4.69, 9.17) is 0 Å². The van der Waals surface area contributed by atoms with Crippen molar-refractivity contribution in [3.8, 4) is 0 Å². The summed E-state index contributed by atoms with van der Waals surface area (Å²) in [6.45, 7) is -0.170. The molecule has 3 aromatic carbocycles. The van der Waals surface area contributed by atoms with Crippen LogP contribution in [0.1, 0.15) is 5.56 Å². The number of nitrogens with one attached hydrogen (secondary N) is 2. The summed E-state index contributed by atoms with van der Waals surface area (Å²) in [6.07, 6.45) is 1.40. The van der Waals surface area contributed by atoms with Crippen LogP contribution >= 0.6 is 0 Å². The summed E-state index contributed by atoms with van der Waals surface area (Å²) in [5.41, 5.74) is 3.26. The molecule has 0 aliphatic heterocycles. The number of nitro benzene ring substituents is 2. The van der Waals surface area contributed by atoms with E-state index in [0.717, 1.165) is 12.1 Å². The molecule has 0 unspecified atom stereocenters. The van der Waals surface area contributed by atoms with Crippen LogP contribution in [0.25, 0.3) is 0 Å². The van der Waals surface area contributed by atoms with Gasteiger partial charge in [0.1, 0.15) is 0 Å². The Kier molecular flexibility index (Phi) is 7.41. The van der Waals surface area contributed by atoms with Crippen LogP contribution in [0.2, 0.25) is 0 Å². The first-order chi connectivity index (χ1) is 16.2. The second-order valence-electron chi connectivity index (χ2n) is 6.77. The van der Waals surface area contributed by atoms with E-state index < -0.39 is 28.5 Å². The molecule has 0 radical (unpaired) electrons. The molecule has 3 aromatic rings. The predicted octanol–water partition coefficient (Wildman–Crippen LogP) is 1.48. The zero-order chi connectivity index (χ0) is 24.7. The average molecular weight is 530 g/mol. The maximum atomic E-state index is 12.7. The first-order valence-electron chi connectivity index (χ1n) is 9.56. The van der Waals surface area contributed by atoms with Crippen LogP contribution < -0.4 is 19.7 Å². The molecule has 0 saturated carbocycles. The Balaban J connectivity index is 1.54. The van der Waals surface area contributed by atoms with Gasteiger partial charge in [-0.3, -0.25) is 10.1 Å². The van der Waals surface area contributed by atoms with Crippen molar-refractivity contribution in [1.82, 2.24) is 5.43 Å². The topological polar surface area (TPSA) is 174 Å². The third-order valence-corrected chi connectivity index (χ3v) is 8.20. The monoisotopic (exact) mass is 531 g/mol. The molecule has 174 valence electrons. The number of hydrazone groups is 1. The van der Waals surface area contributed by atoms with E-state index in [-0.39, 0.29) is 26.8 Å². The number of amides is 1. The predicted molar refractivity (Wildman–Crippen MR) is 123 cm³/mol. The van der Waals surface area contributed by atoms with Crippen molar-refractivity contribution in [2.45, 2.75) is 0 Å². The summed E-state index contributed by atoms with van der Waals surface area (Å²) < 4.78 is 25.5. The normalized spacial score (nSPS) is 11.2. The van der Waals surface area contributed by atoms with Gasteiger partial charge < -0.3 is 0 Å². The first kappa shape index (κ1) is 24.2. The van der Waals surface area contributed by atoms with Crippen LogP contribution in [0.5, 0.6) is 0 Å². The van der Waals surface area contributed by atoms with Crippen molar-refractivity contribution in [2.24, 2.45) is 5.10 Å². The summed E-state index contributed by atoms with van der Waals surface area (Å²) in [5, 5.41) is 27.8. The van der Waals surface area contributed by atoms with Gasteiger partial charge in [-0.25, -0.2) is 0 Å². The van der Waals surface area contributed by atoms with Gasteiger partial charge in [-0.1, -0.05) is 0 Å². The van der Waals surface area contributed by atoms with E-state index in [1.54, 1.807) is 0 Å². The molecular weight excluding hydrogens is 513 g/mol. The van der Waals surface area contributed by atoms with Crippen molar-refractivity contribution in [1.29, 1.82) is 0 Å². The fourth-order valence-corrected chi connectivity index (χ4v) is 5.37. The number of anilines is 1. The molecule has 0 atom stereocenters. The Morgan fingerprint density at radius 2 is 1.29 bits per heavy atom. The quantitative estimate of drug-likeness (QED) is 0.181. The molecule has 1 amide bonds. The zero-order valence-corrected chi connectivity index (χ0v) is 19.0. The molecule has 13 heteroatoms. The van der Waals surface area contributed by atoms with Crippen molar-refractivity contribution >= 4 is 50.8 Å². The molecule has 0 spiro atoms. The maximum absolute atomic E-state index is 12.7. The summed E-state index contributed by atoms with van der Waals surface area (Å²) >= 11 is -4.76. The summed E-state index contributed by atoms with van der Waals surface area (Å²) in [5.74, 6) is -0.432. The van der Waals surface area contributed by atoms with Crippen LogP contribution in [0.3, 0.4) is 0 Å². The molecular formula is C21H17N5O7Se. The second kappa shape index (κ2) is 10.4. The number of nitrogens with zero attached hydrogens (tertiary/aromatic N) is 3. The fourth-order valence-electron chi connectivity index (χ4n) is 2.73. The van der Waals surface area contributed by atoms with Crippen LogP contribution in [-0.2, 0) is 12.5 Å². The molecule has 0 aliphatic rings. The molecule has 0 aliphatic carbocycles. The average Bonchev–Trinajstić information content (AvgIpc) is 2.82. The molecule has 34 heavy (non-hydrogen) atoms. The standard InChI is InChI=1S/C21H17N5O7Se/c27-21(14-23-22-13-15-1-5-17(6-2-15)25(28)29)24-16-3-9-19(10-4-16)34(32,33)20-11-7-18(8-12-20)26(30)31/h1-13,23H,14H2,(H,24,27)/b22-13+. The third-order valence-electron chi connectivity index (χ3n) is 4.45. The van der Waals surface area contributed by atoms with Crippen LogP contribution in [-0.4, -0.2) is 41.2 Å². The van der Waals surface area contributed by atoms with Crippen LogP contribution in [0, 0.1) is 20.2 Å². The number of carbonyl (C=O) groups is 1. The van der Waals surface area contributed by atoms with E-state index in [1.165, 1.54) is 66.9 Å². The molecule has 0 heterocycles. The number of rotatable bonds is 9. The molecule has 12 nitrogen and oxygen atoms in total. The van der Waals surface area contributed by atoms with Gasteiger partial charge in [0.25, 0.3) is 5.69 Å². The van der Waals surface area contributed by atoms with E-state index in [1.807, 2.05) is 0 Å². The summed E-state index contributed by atoms with van der Waals surface area (Å²) in [7, 11) is 0. The molecule has 0 aromatic heterocycles. The SMILES string of the molecule is O=C(CN/N=C/c1ccc([N+](=O)[O-])cc1)Nc1ccc([Se](=O)(=O)c2ccc([N+](=O)[O-])cc2)cc1. The molecule has 2 N–H and O–H groups in total. The van der Waals surface area contributed by atoms with Crippen molar-refractivity contribution in [2.75, 3.05) is 11.9 Å². The number of benzene rings is 3. The van der Waals surface area contributed by atoms with Gasteiger partial charge in [0.05, 0.1) is 4.92 Å². The zero-order valence-electron chi connectivity index (χ0n) is 17.3. The summed E-state index contributed by atoms with van der Waals surface area (Å²) in [4.78, 5) is 32.3. The van der Waals surface area contributed by atoms with Gasteiger partial charge in [0.2, 0.25) is 0 Å². The Bertz CT molecular complexity index is 1340. The minimum absolute atomic E-state index is 0.0197. The van der Waals surface area contributed by atoms with Crippen LogP contribution in [0.15, 0.2) is 77.9 Å². The third kappa shape index (κ3) is 6.06. The number of hydrogen-bond donors (Lipinski definition) is 2. The van der Waals surface area contributed by atoms with E-state index in [9.17, 15) is 32.7 Å². The second-order valence-corrected chi connectivity index (χ2v) is 10.9. The van der Waals surface area contributed by atoms with Gasteiger partial charge in [-0.05, 0) is 0 Å². The Hall–Kier alpha value is -4.48.